The van der Waals surface area contributed by atoms with Crippen molar-refractivity contribution >= 4 is 115 Å². The highest BCUT2D eigenvalue weighted by molar-refractivity contribution is 7.90. The van der Waals surface area contributed by atoms with Crippen LogP contribution < -0.4 is 19.9 Å². The standard InChI is InChI=1S/C26H30Cl2N2O4.C25H28Cl2N4O4.C24H28Cl2N2O4S.2H2/c1-16-3-5-18(6-4-16)25(31)29-12-9-19(10-13-29)30-14-11-20(15-22(30)26(32)33)34-23-8-7-21(27)17(2)24(23)28;26-21-6-5-20(15-22(21)27)35-19-9-13-30(14-10-19)18-7-11-31(12-8-18)24(32)17-3-1-16(2-4-17)23(28)29-25(33)34;1-33(30,31)21-4-2-3-17(15-21)24(29)28-11-7-18(8-12-28)27-13-9-19(10-14-27)32-20-5-6-22(25)23(26)16-20;;/h3-8,19-20,22H,9-15H2,1-2H3,(H,32,33);1-6,15,18-19H,7-14H2,(H2,28,29)(H,33,34);2-6,15-16,18-19H,7-14H2,1H3;2*1H/t20-,22-;;;;/m1..../s1. The Kier molecular flexibility index (Phi) is 27.2. The van der Waals surface area contributed by atoms with Gasteiger partial charge in [0.2, 0.25) is 0 Å². The molecule has 0 saturated carbocycles. The molecule has 4 amide bonds. The highest BCUT2D eigenvalue weighted by Crippen LogP contribution is 2.37. The van der Waals surface area contributed by atoms with Crippen LogP contribution in [0.4, 0.5) is 4.79 Å². The minimum atomic E-state index is -3.34. The van der Waals surface area contributed by atoms with Crippen molar-refractivity contribution in [3.63, 3.8) is 0 Å². The average molecular weight is 1540 g/mol. The van der Waals surface area contributed by atoms with E-state index in [4.69, 9.17) is 94.7 Å². The number of aliphatic carboxylic acids is 1. The molecule has 27 heteroatoms. The number of rotatable bonds is 15. The Labute approximate surface area is 629 Å². The van der Waals surface area contributed by atoms with E-state index in [9.17, 15) is 37.5 Å². The fourth-order valence-corrected chi connectivity index (χ4v) is 15.8. The number of hydrogen-bond acceptors (Lipinski definition) is 13. The van der Waals surface area contributed by atoms with Crippen LogP contribution in [0.2, 0.25) is 30.1 Å². The van der Waals surface area contributed by atoms with Gasteiger partial charge in [0.25, 0.3) is 17.7 Å². The number of ether oxygens (including phenoxy) is 3. The topological polar surface area (TPSA) is 245 Å². The summed E-state index contributed by atoms with van der Waals surface area (Å²) in [4.78, 5) is 77.6. The van der Waals surface area contributed by atoms with Crippen molar-refractivity contribution < 1.29 is 59.7 Å². The Morgan fingerprint density at radius 3 is 1.36 bits per heavy atom. The number of amides is 4. The largest absolute Gasteiger partial charge is 0.490 e. The zero-order valence-electron chi connectivity index (χ0n) is 57.2. The van der Waals surface area contributed by atoms with E-state index < -0.39 is 27.9 Å². The summed E-state index contributed by atoms with van der Waals surface area (Å²) < 4.78 is 41.9. The van der Waals surface area contributed by atoms with Gasteiger partial charge in [0.15, 0.2) is 9.84 Å². The molecule has 0 aliphatic carbocycles. The fraction of sp³-hybridized carbons (Fsp3) is 0.440. The molecule has 6 aliphatic rings. The number of aryl methyl sites for hydroxylation is 1. The van der Waals surface area contributed by atoms with E-state index in [2.05, 4.69) is 19.7 Å². The van der Waals surface area contributed by atoms with Gasteiger partial charge in [-0.1, -0.05) is 106 Å². The van der Waals surface area contributed by atoms with Crippen LogP contribution >= 0.6 is 69.6 Å². The van der Waals surface area contributed by atoms with Crippen LogP contribution in [0.3, 0.4) is 0 Å². The van der Waals surface area contributed by atoms with E-state index in [1.165, 1.54) is 12.1 Å². The number of carboxylic acid groups (broad SMARTS) is 2. The SMILES string of the molecule is CS(=O)(=O)c1cccc(C(=O)N2CCC(N3CCC(Oc4ccc(Cl)c(Cl)c4)CC3)CC2)c1.Cc1ccc(C(=O)N2CCC(N3CC[C@@H](Oc4ccc(Cl)c(C)c4Cl)C[C@@H]3C(=O)O)CC2)cc1.NC(=NC(=O)O)c1ccc(C(=O)N2CCC(N3CCC(Oc4ccc(Cl)c(Cl)c4)CC3)CC2)cc1.[HH].[HH]. The van der Waals surface area contributed by atoms with Crippen LogP contribution in [0.15, 0.2) is 131 Å². The minimum absolute atomic E-state index is 0. The summed E-state index contributed by atoms with van der Waals surface area (Å²) in [5.41, 5.74) is 9.67. The molecule has 6 saturated heterocycles. The van der Waals surface area contributed by atoms with Gasteiger partial charge in [-0.2, -0.15) is 4.99 Å². The molecule has 6 aromatic rings. The highest BCUT2D eigenvalue weighted by Gasteiger charge is 2.41. The van der Waals surface area contributed by atoms with Crippen LogP contribution in [0.1, 0.15) is 128 Å². The van der Waals surface area contributed by atoms with Crippen LogP contribution in [0.25, 0.3) is 0 Å². The predicted octanol–water partition coefficient (Wildman–Crippen LogP) is 14.8. The first-order valence-corrected chi connectivity index (χ1v) is 38.6. The number of nitrogens with two attached hydrogens (primary N) is 1. The number of nitrogens with zero attached hydrogens (tertiary/aromatic N) is 7. The Hall–Kier alpha value is -6.89. The van der Waals surface area contributed by atoms with Gasteiger partial charge in [-0.05, 0) is 169 Å². The molecule has 0 unspecified atom stereocenters. The summed E-state index contributed by atoms with van der Waals surface area (Å²) >= 11 is 36.6. The molecule has 20 nitrogen and oxygen atoms in total. The summed E-state index contributed by atoms with van der Waals surface area (Å²) in [6, 6.07) is 35.1. The predicted molar refractivity (Wildman–Crippen MR) is 403 cm³/mol. The lowest BCUT2D eigenvalue weighted by Gasteiger charge is -2.44. The van der Waals surface area contributed by atoms with Gasteiger partial charge in [-0.15, -0.1) is 0 Å². The van der Waals surface area contributed by atoms with Crippen LogP contribution in [-0.4, -0.2) is 204 Å². The number of hydrogen-bond donors (Lipinski definition) is 3. The fourth-order valence-electron chi connectivity index (χ4n) is 14.2. The molecule has 12 rings (SSSR count). The lowest BCUT2D eigenvalue weighted by molar-refractivity contribution is -0.148. The molecule has 102 heavy (non-hydrogen) atoms. The van der Waals surface area contributed by atoms with Gasteiger partial charge in [0.1, 0.15) is 47.4 Å². The molecule has 550 valence electrons. The summed E-state index contributed by atoms with van der Waals surface area (Å²) in [5, 5.41) is 21.8. The third kappa shape index (κ3) is 20.8. The lowest BCUT2D eigenvalue weighted by Crippen LogP contribution is -2.56. The summed E-state index contributed by atoms with van der Waals surface area (Å²) in [6.07, 6.45) is 9.95. The van der Waals surface area contributed by atoms with Crippen LogP contribution in [-0.2, 0) is 14.6 Å². The smallest absolute Gasteiger partial charge is 0.433 e. The van der Waals surface area contributed by atoms with Crippen molar-refractivity contribution in [1.29, 1.82) is 0 Å². The first kappa shape index (κ1) is 77.7. The quantitative estimate of drug-likeness (QED) is 0.0639. The summed E-state index contributed by atoms with van der Waals surface area (Å²) in [5.74, 6) is 0.993. The van der Waals surface area contributed by atoms with E-state index in [1.54, 1.807) is 72.8 Å². The van der Waals surface area contributed by atoms with E-state index in [1.807, 2.05) is 64.9 Å². The lowest BCUT2D eigenvalue weighted by atomic mass is 9.93. The Bertz CT molecular complexity index is 4100. The van der Waals surface area contributed by atoms with Gasteiger partial charge in [0, 0.05) is 145 Å². The Morgan fingerprint density at radius 1 is 0.480 bits per heavy atom. The average Bonchev–Trinajstić information content (AvgIpc) is 0.803. The molecule has 0 spiro atoms. The van der Waals surface area contributed by atoms with Crippen LogP contribution in [0, 0.1) is 13.8 Å². The van der Waals surface area contributed by atoms with Gasteiger partial charge in [-0.25, -0.2) is 13.2 Å². The van der Waals surface area contributed by atoms with Crippen LogP contribution in [0.5, 0.6) is 17.2 Å². The molecular formula is C75H90Cl6N8O12S. The molecule has 2 atom stereocenters. The van der Waals surface area contributed by atoms with Gasteiger partial charge >= 0.3 is 12.1 Å². The highest BCUT2D eigenvalue weighted by atomic mass is 35.5. The first-order chi connectivity index (χ1) is 48.7. The number of aliphatic imine (C=N–C) groups is 1. The number of piperidine rings is 6. The maximum absolute atomic E-state index is 12.9. The van der Waals surface area contributed by atoms with Crippen molar-refractivity contribution in [2.24, 2.45) is 10.7 Å². The molecule has 6 fully saturated rings. The monoisotopic (exact) mass is 1540 g/mol. The Morgan fingerprint density at radius 2 is 0.912 bits per heavy atom. The zero-order valence-corrected chi connectivity index (χ0v) is 62.6. The molecule has 0 bridgehead atoms. The van der Waals surface area contributed by atoms with Crippen molar-refractivity contribution in [2.45, 2.75) is 138 Å². The van der Waals surface area contributed by atoms with Crippen molar-refractivity contribution in [3.8, 4) is 17.2 Å². The number of likely N-dealkylation sites (tertiary alicyclic amines) is 6. The number of amidine groups is 1. The number of sulfone groups is 1. The number of carbonyl (C=O) groups excluding carboxylic acids is 3. The van der Waals surface area contributed by atoms with Crippen molar-refractivity contribution in [2.75, 3.05) is 78.2 Å². The molecule has 6 heterocycles. The summed E-state index contributed by atoms with van der Waals surface area (Å²) in [7, 11) is -3.34. The first-order valence-electron chi connectivity index (χ1n) is 34.5. The van der Waals surface area contributed by atoms with Gasteiger partial charge in [-0.3, -0.25) is 33.9 Å². The maximum Gasteiger partial charge on any atom is 0.433 e. The van der Waals surface area contributed by atoms with E-state index >= 15 is 0 Å². The normalized spacial score (nSPS) is 19.8. The second-order valence-electron chi connectivity index (χ2n) is 26.8. The van der Waals surface area contributed by atoms with E-state index in [0.29, 0.717) is 129 Å². The molecule has 4 N–H and O–H groups in total. The summed E-state index contributed by atoms with van der Waals surface area (Å²) in [6.45, 7) is 12.3. The number of halogens is 6. The second kappa shape index (κ2) is 35.7. The molecule has 0 aromatic heterocycles. The van der Waals surface area contributed by atoms with Gasteiger partial charge in [0.05, 0.1) is 30.0 Å². The molecular weight excluding hydrogens is 1450 g/mol. The third-order valence-electron chi connectivity index (χ3n) is 20.0. The number of carbonyl (C=O) groups is 5. The van der Waals surface area contributed by atoms with E-state index in [0.717, 1.165) is 119 Å². The minimum Gasteiger partial charge on any atom is -0.490 e. The third-order valence-corrected chi connectivity index (χ3v) is 23.5. The second-order valence-corrected chi connectivity index (χ2v) is 31.2. The zero-order chi connectivity index (χ0) is 72.9. The molecule has 6 aliphatic heterocycles. The molecule has 0 radical (unpaired) electrons. The number of benzene rings is 6. The van der Waals surface area contributed by atoms with Gasteiger partial charge < -0.3 is 44.9 Å². The Balaban J connectivity index is 0.000000196. The molecule has 6 aromatic carbocycles. The maximum atomic E-state index is 12.9. The number of carboxylic acids is 1. The van der Waals surface area contributed by atoms with E-state index in [-0.39, 0.29) is 55.7 Å². The van der Waals surface area contributed by atoms with Crippen molar-refractivity contribution in [1.82, 2.24) is 29.4 Å². The van der Waals surface area contributed by atoms with Crippen molar-refractivity contribution in [3.05, 3.63) is 185 Å².